The minimum absolute atomic E-state index is 0. The number of carbonyl (C=O) groups is 1. The van der Waals surface area contributed by atoms with Gasteiger partial charge in [0.25, 0.3) is 0 Å². The largest absolute Gasteiger partial charge is 0.492 e. The van der Waals surface area contributed by atoms with Gasteiger partial charge < -0.3 is 15.8 Å². The van der Waals surface area contributed by atoms with Gasteiger partial charge in [-0.1, -0.05) is 43.3 Å². The van der Waals surface area contributed by atoms with Crippen molar-refractivity contribution >= 4 is 36.4 Å². The average Bonchev–Trinajstić information content (AvgIpc) is 3.21. The number of halogens is 2. The minimum Gasteiger partial charge on any atom is -0.492 e. The fraction of sp³-hybridized carbons (Fsp3) is 0.250. The Bertz CT molecular complexity index is 862. The van der Waals surface area contributed by atoms with Crippen LogP contribution in [0.25, 0.3) is 0 Å². The summed E-state index contributed by atoms with van der Waals surface area (Å²) in [6.45, 7) is 2.88. The summed E-state index contributed by atoms with van der Waals surface area (Å²) >= 11 is 0. The summed E-state index contributed by atoms with van der Waals surface area (Å²) in [7, 11) is 0. The van der Waals surface area contributed by atoms with Crippen molar-refractivity contribution in [2.24, 2.45) is 11.7 Å². The molecule has 2 unspecified atom stereocenters. The van der Waals surface area contributed by atoms with Gasteiger partial charge in [0.05, 0.1) is 12.5 Å². The van der Waals surface area contributed by atoms with Crippen molar-refractivity contribution in [3.63, 3.8) is 0 Å². The van der Waals surface area contributed by atoms with E-state index in [2.05, 4.69) is 15.4 Å². The number of aromatic nitrogens is 3. The predicted molar refractivity (Wildman–Crippen MR) is 118 cm³/mol. The maximum Gasteiger partial charge on any atom is 0.229 e. The number of ether oxygens (including phenoxy) is 1. The molecular formula is C20H25Cl2N5O2. The number of nitrogens with one attached hydrogen (secondary N) is 1. The third-order valence-electron chi connectivity index (χ3n) is 4.29. The number of rotatable bonds is 8. The predicted octanol–water partition coefficient (Wildman–Crippen LogP) is 3.48. The molecule has 0 aliphatic rings. The zero-order chi connectivity index (χ0) is 19.1. The normalized spacial score (nSPS) is 12.1. The highest BCUT2D eigenvalue weighted by Crippen LogP contribution is 2.22. The van der Waals surface area contributed by atoms with E-state index >= 15 is 0 Å². The van der Waals surface area contributed by atoms with Crippen LogP contribution in [0, 0.1) is 5.92 Å². The second-order valence-electron chi connectivity index (χ2n) is 6.25. The number of hydrogen-bond donors (Lipinski definition) is 2. The van der Waals surface area contributed by atoms with E-state index in [0.29, 0.717) is 24.6 Å². The van der Waals surface area contributed by atoms with Crippen molar-refractivity contribution in [3.05, 3.63) is 72.8 Å². The molecule has 156 valence electrons. The van der Waals surface area contributed by atoms with Gasteiger partial charge in [-0.25, -0.2) is 9.67 Å². The molecule has 1 heterocycles. The molecule has 0 spiro atoms. The summed E-state index contributed by atoms with van der Waals surface area (Å²) in [6.07, 6.45) is 3.12. The third-order valence-corrected chi connectivity index (χ3v) is 4.29. The molecule has 1 amide bonds. The molecule has 2 aromatic carbocycles. The van der Waals surface area contributed by atoms with Crippen molar-refractivity contribution in [2.75, 3.05) is 11.9 Å². The molecule has 1 aromatic heterocycles. The molecular weight excluding hydrogens is 413 g/mol. The molecule has 3 aromatic rings. The zero-order valence-electron chi connectivity index (χ0n) is 16.0. The number of amides is 1. The highest BCUT2D eigenvalue weighted by molar-refractivity contribution is 5.93. The lowest BCUT2D eigenvalue weighted by atomic mass is 9.94. The molecule has 29 heavy (non-hydrogen) atoms. The summed E-state index contributed by atoms with van der Waals surface area (Å²) < 4.78 is 7.41. The molecule has 9 heteroatoms. The van der Waals surface area contributed by atoms with Gasteiger partial charge in [-0.15, -0.1) is 24.8 Å². The van der Waals surface area contributed by atoms with Crippen LogP contribution in [0.15, 0.2) is 67.3 Å². The number of nitrogens with two attached hydrogens (primary N) is 1. The number of carbonyl (C=O) groups excluding carboxylic acids is 1. The van der Waals surface area contributed by atoms with Crippen LogP contribution in [0.5, 0.6) is 5.75 Å². The van der Waals surface area contributed by atoms with E-state index in [-0.39, 0.29) is 42.7 Å². The Balaban J connectivity index is 0.00000210. The maximum atomic E-state index is 12.6. The van der Waals surface area contributed by atoms with Crippen LogP contribution in [0.3, 0.4) is 0 Å². The van der Waals surface area contributed by atoms with E-state index in [1.165, 1.54) is 6.33 Å². The van der Waals surface area contributed by atoms with E-state index < -0.39 is 0 Å². The van der Waals surface area contributed by atoms with Crippen LogP contribution >= 0.6 is 24.8 Å². The first-order valence-corrected chi connectivity index (χ1v) is 8.80. The number of nitrogens with zero attached hydrogens (tertiary/aromatic N) is 3. The second kappa shape index (κ2) is 12.1. The average molecular weight is 438 g/mol. The molecule has 3 rings (SSSR count). The highest BCUT2D eigenvalue weighted by atomic mass is 35.5. The van der Waals surface area contributed by atoms with Crippen LogP contribution < -0.4 is 15.8 Å². The number of hydrogen-bond acceptors (Lipinski definition) is 5. The van der Waals surface area contributed by atoms with Gasteiger partial charge in [0.15, 0.2) is 0 Å². The van der Waals surface area contributed by atoms with Gasteiger partial charge in [-0.05, 0) is 17.7 Å². The Morgan fingerprint density at radius 2 is 1.93 bits per heavy atom. The Morgan fingerprint density at radius 1 is 1.17 bits per heavy atom. The van der Waals surface area contributed by atoms with E-state index in [0.717, 1.165) is 5.56 Å². The molecule has 7 nitrogen and oxygen atoms in total. The van der Waals surface area contributed by atoms with Crippen LogP contribution in [0.4, 0.5) is 5.69 Å². The molecule has 2 atom stereocenters. The highest BCUT2D eigenvalue weighted by Gasteiger charge is 2.22. The Morgan fingerprint density at radius 3 is 2.62 bits per heavy atom. The van der Waals surface area contributed by atoms with Gasteiger partial charge in [0.1, 0.15) is 25.0 Å². The Labute approximate surface area is 182 Å². The number of anilines is 1. The van der Waals surface area contributed by atoms with Crippen molar-refractivity contribution in [3.8, 4) is 5.75 Å². The van der Waals surface area contributed by atoms with Gasteiger partial charge in [-0.2, -0.15) is 5.10 Å². The van der Waals surface area contributed by atoms with Crippen LogP contribution in [0.2, 0.25) is 0 Å². The van der Waals surface area contributed by atoms with Crippen molar-refractivity contribution in [2.45, 2.75) is 19.5 Å². The molecule has 3 N–H and O–H groups in total. The lowest BCUT2D eigenvalue weighted by Crippen LogP contribution is -2.30. The third kappa shape index (κ3) is 7.05. The molecule has 0 bridgehead atoms. The summed E-state index contributed by atoms with van der Waals surface area (Å²) in [4.78, 5) is 16.4. The van der Waals surface area contributed by atoms with E-state index in [4.69, 9.17) is 10.5 Å². The van der Waals surface area contributed by atoms with Crippen LogP contribution in [-0.2, 0) is 11.3 Å². The van der Waals surface area contributed by atoms with Crippen LogP contribution in [-0.4, -0.2) is 27.3 Å². The first-order chi connectivity index (χ1) is 13.1. The van der Waals surface area contributed by atoms with Crippen molar-refractivity contribution < 1.29 is 9.53 Å². The van der Waals surface area contributed by atoms with E-state index in [1.54, 1.807) is 17.1 Å². The molecule has 0 aliphatic carbocycles. The van der Waals surface area contributed by atoms with Gasteiger partial charge in [-0.3, -0.25) is 4.79 Å². The van der Waals surface area contributed by atoms with Crippen molar-refractivity contribution in [1.29, 1.82) is 0 Å². The van der Waals surface area contributed by atoms with Crippen LogP contribution in [0.1, 0.15) is 18.5 Å². The number of benzene rings is 2. The smallest absolute Gasteiger partial charge is 0.229 e. The van der Waals surface area contributed by atoms with Gasteiger partial charge >= 0.3 is 0 Å². The summed E-state index contributed by atoms with van der Waals surface area (Å²) in [5.74, 6) is 0.170. The molecule has 0 fully saturated rings. The maximum absolute atomic E-state index is 12.6. The first kappa shape index (κ1) is 24.4. The summed E-state index contributed by atoms with van der Waals surface area (Å²) in [5.41, 5.74) is 7.84. The summed E-state index contributed by atoms with van der Waals surface area (Å²) in [5, 5.41) is 6.93. The molecule has 0 saturated carbocycles. The van der Waals surface area contributed by atoms with Crippen molar-refractivity contribution in [1.82, 2.24) is 14.8 Å². The topological polar surface area (TPSA) is 95.1 Å². The molecule has 0 radical (unpaired) electrons. The Hall–Kier alpha value is -2.61. The van der Waals surface area contributed by atoms with E-state index in [9.17, 15) is 4.79 Å². The molecule has 0 saturated heterocycles. The molecule has 0 aliphatic heterocycles. The quantitative estimate of drug-likeness (QED) is 0.562. The zero-order valence-corrected chi connectivity index (χ0v) is 17.6. The summed E-state index contributed by atoms with van der Waals surface area (Å²) in [6, 6.07) is 16.5. The SMILES string of the molecule is CC(C(=O)Nc1cccc(OCCn2cncn2)c1)C(N)c1ccccc1.Cl.Cl. The lowest BCUT2D eigenvalue weighted by molar-refractivity contribution is -0.120. The van der Waals surface area contributed by atoms with Gasteiger partial charge in [0, 0.05) is 17.8 Å². The standard InChI is InChI=1S/C20H23N5O2.2ClH/c1-15(19(21)16-6-3-2-4-7-16)20(26)24-17-8-5-9-18(12-17)27-11-10-25-14-22-13-23-25;;/h2-9,12-15,19H,10-11,21H2,1H3,(H,24,26);2*1H. The second-order valence-corrected chi connectivity index (χ2v) is 6.25. The first-order valence-electron chi connectivity index (χ1n) is 8.80. The Kier molecular flexibility index (Phi) is 10.2. The minimum atomic E-state index is -0.371. The fourth-order valence-corrected chi connectivity index (χ4v) is 2.65. The lowest BCUT2D eigenvalue weighted by Gasteiger charge is -2.20. The fourth-order valence-electron chi connectivity index (χ4n) is 2.65. The van der Waals surface area contributed by atoms with Gasteiger partial charge in [0.2, 0.25) is 5.91 Å². The van der Waals surface area contributed by atoms with E-state index in [1.807, 2.05) is 55.5 Å². The monoisotopic (exact) mass is 437 g/mol.